The van der Waals surface area contributed by atoms with Crippen LogP contribution >= 0.6 is 11.3 Å². The van der Waals surface area contributed by atoms with E-state index in [4.69, 9.17) is 19.7 Å². The van der Waals surface area contributed by atoms with Crippen molar-refractivity contribution in [3.63, 3.8) is 0 Å². The van der Waals surface area contributed by atoms with Crippen LogP contribution in [0, 0.1) is 17.1 Å². The van der Waals surface area contributed by atoms with Crippen LogP contribution in [-0.4, -0.2) is 101 Å². The summed E-state index contributed by atoms with van der Waals surface area (Å²) in [5.74, 6) is 1.17. The lowest BCUT2D eigenvalue weighted by molar-refractivity contribution is -0.142. The van der Waals surface area contributed by atoms with Gasteiger partial charge in [0, 0.05) is 58.3 Å². The van der Waals surface area contributed by atoms with Crippen LogP contribution in [0.25, 0.3) is 22.3 Å². The number of fused-ring (bicyclic) bond motifs is 2. The largest absolute Gasteiger partial charge is 0.489 e. The molecule has 0 saturated carbocycles. The molecule has 43 heavy (non-hydrogen) atoms. The summed E-state index contributed by atoms with van der Waals surface area (Å²) in [6.07, 6.45) is 0.290. The predicted octanol–water partition coefficient (Wildman–Crippen LogP) is 2.79. The monoisotopic (exact) mass is 600 g/mol. The first-order valence-corrected chi connectivity index (χ1v) is 15.0. The van der Waals surface area contributed by atoms with Gasteiger partial charge in [-0.15, -0.1) is 0 Å². The van der Waals surface area contributed by atoms with E-state index in [0.29, 0.717) is 78.3 Å². The van der Waals surface area contributed by atoms with Crippen molar-refractivity contribution in [3.8, 4) is 23.1 Å². The third kappa shape index (κ3) is 5.11. The fraction of sp³-hybridized carbons (Fsp3) is 0.367. The Kier molecular flexibility index (Phi) is 7.04. The highest BCUT2D eigenvalue weighted by Crippen LogP contribution is 2.45. The number of likely N-dealkylation sites (tertiary alicyclic amines) is 1. The maximum absolute atomic E-state index is 13.6. The molecule has 1 aromatic carbocycles. The summed E-state index contributed by atoms with van der Waals surface area (Å²) in [5, 5.41) is 19.9. The number of aliphatic hydroxyl groups is 1. The molecule has 3 aromatic heterocycles. The van der Waals surface area contributed by atoms with Crippen molar-refractivity contribution in [1.82, 2.24) is 24.8 Å². The van der Waals surface area contributed by atoms with Crippen LogP contribution in [0.4, 0.5) is 21.0 Å². The Morgan fingerprint density at radius 1 is 1.14 bits per heavy atom. The molecule has 0 aliphatic carbocycles. The fourth-order valence-electron chi connectivity index (χ4n) is 5.72. The third-order valence-electron chi connectivity index (χ3n) is 8.13. The van der Waals surface area contributed by atoms with Crippen molar-refractivity contribution in [2.45, 2.75) is 12.5 Å². The molecular formula is C30H29FN8O3S. The molecule has 2 fully saturated rings. The highest BCUT2D eigenvalue weighted by Gasteiger charge is 2.31. The lowest BCUT2D eigenvalue weighted by atomic mass is 10.1. The maximum atomic E-state index is 13.6. The first-order valence-electron chi connectivity index (χ1n) is 14.2. The van der Waals surface area contributed by atoms with Crippen LogP contribution in [0.15, 0.2) is 36.4 Å². The number of aromatic nitrogens is 3. The molecule has 0 bridgehead atoms. The highest BCUT2D eigenvalue weighted by molar-refractivity contribution is 7.16. The van der Waals surface area contributed by atoms with E-state index < -0.39 is 6.10 Å². The summed E-state index contributed by atoms with van der Waals surface area (Å²) in [5.41, 5.74) is 4.18. The van der Waals surface area contributed by atoms with Gasteiger partial charge in [-0.1, -0.05) is 11.3 Å². The molecule has 0 spiro atoms. The summed E-state index contributed by atoms with van der Waals surface area (Å²) >= 11 is 1.26. The summed E-state index contributed by atoms with van der Waals surface area (Å²) in [6.45, 7) is 4.60. The molecule has 6 heterocycles. The van der Waals surface area contributed by atoms with Crippen molar-refractivity contribution in [2.75, 3.05) is 69.3 Å². The molecule has 3 aliphatic heterocycles. The quantitative estimate of drug-likeness (QED) is 0.354. The Morgan fingerprint density at radius 3 is 2.63 bits per heavy atom. The van der Waals surface area contributed by atoms with Gasteiger partial charge in [0.1, 0.15) is 39.5 Å². The van der Waals surface area contributed by atoms with Crippen molar-refractivity contribution in [1.29, 1.82) is 5.26 Å². The first-order chi connectivity index (χ1) is 20.9. The number of ether oxygens (including phenoxy) is 1. The van der Waals surface area contributed by atoms with Gasteiger partial charge in [0.15, 0.2) is 10.9 Å². The molecule has 0 radical (unpaired) electrons. The summed E-state index contributed by atoms with van der Waals surface area (Å²) < 4.78 is 19.6. The second-order valence-corrected chi connectivity index (χ2v) is 11.9. The number of aliphatic hydroxyl groups excluding tert-OH is 1. The van der Waals surface area contributed by atoms with E-state index >= 15 is 0 Å². The molecule has 0 atom stereocenters. The average Bonchev–Trinajstić information content (AvgIpc) is 3.66. The van der Waals surface area contributed by atoms with E-state index in [1.807, 2.05) is 24.1 Å². The Balaban J connectivity index is 1.18. The molecule has 7 rings (SSSR count). The van der Waals surface area contributed by atoms with E-state index in [0.717, 1.165) is 35.8 Å². The number of rotatable bonds is 6. The van der Waals surface area contributed by atoms with Gasteiger partial charge in [0.05, 0.1) is 30.5 Å². The van der Waals surface area contributed by atoms with E-state index in [9.17, 15) is 19.6 Å². The number of β-amino-alcohol motifs (C(OH)–C–C–N with tert-alkyl or cyclic N) is 1. The Hall–Kier alpha value is -4.38. The van der Waals surface area contributed by atoms with Crippen molar-refractivity contribution in [2.24, 2.45) is 0 Å². The Labute approximate surface area is 251 Å². The fourth-order valence-corrected chi connectivity index (χ4v) is 6.57. The smallest absolute Gasteiger partial charge is 0.236 e. The SMILES string of the molecule is CN(c1nc(-c2ccc(F)cc2)c(C#N)s1)c1c2c(nc3ccc(N4CCN(CC(=O)N5CC(O)C5)CC4)nc13)CCO2. The van der Waals surface area contributed by atoms with Crippen LogP contribution < -0.4 is 14.5 Å². The number of carbonyl (C=O) groups excluding carboxylic acids is 1. The van der Waals surface area contributed by atoms with Gasteiger partial charge >= 0.3 is 0 Å². The number of hydrogen-bond acceptors (Lipinski definition) is 11. The van der Waals surface area contributed by atoms with Gasteiger partial charge in [-0.3, -0.25) is 9.69 Å². The van der Waals surface area contributed by atoms with Crippen LogP contribution in [0.1, 0.15) is 10.6 Å². The summed E-state index contributed by atoms with van der Waals surface area (Å²) in [4.78, 5) is 35.6. The van der Waals surface area contributed by atoms with Crippen LogP contribution in [-0.2, 0) is 11.2 Å². The predicted molar refractivity (Wildman–Crippen MR) is 160 cm³/mol. The molecular weight excluding hydrogens is 571 g/mol. The number of nitriles is 1. The number of piperazine rings is 1. The minimum atomic E-state index is -0.398. The van der Waals surface area contributed by atoms with E-state index in [1.54, 1.807) is 17.0 Å². The van der Waals surface area contributed by atoms with E-state index in [2.05, 4.69) is 15.9 Å². The minimum Gasteiger partial charge on any atom is -0.489 e. The number of amides is 1. The Bertz CT molecular complexity index is 1740. The maximum Gasteiger partial charge on any atom is 0.236 e. The first kappa shape index (κ1) is 27.5. The van der Waals surface area contributed by atoms with Crippen molar-refractivity contribution in [3.05, 3.63) is 52.8 Å². The number of benzene rings is 1. The number of nitrogens with zero attached hydrogens (tertiary/aromatic N) is 8. The summed E-state index contributed by atoms with van der Waals surface area (Å²) in [7, 11) is 1.88. The molecule has 11 nitrogen and oxygen atoms in total. The van der Waals surface area contributed by atoms with Crippen LogP contribution in [0.2, 0.25) is 0 Å². The highest BCUT2D eigenvalue weighted by atomic mass is 32.1. The number of halogens is 1. The molecule has 3 aliphatic rings. The molecule has 220 valence electrons. The van der Waals surface area contributed by atoms with Crippen molar-refractivity contribution >= 4 is 44.9 Å². The van der Waals surface area contributed by atoms with E-state index in [1.165, 1.54) is 23.5 Å². The number of pyridine rings is 2. The van der Waals surface area contributed by atoms with Gasteiger partial charge in [-0.05, 0) is 36.4 Å². The average molecular weight is 601 g/mol. The normalized spacial score (nSPS) is 17.0. The van der Waals surface area contributed by atoms with Gasteiger partial charge < -0.3 is 24.5 Å². The zero-order valence-corrected chi connectivity index (χ0v) is 24.3. The van der Waals surface area contributed by atoms with Gasteiger partial charge in [-0.25, -0.2) is 19.3 Å². The number of carbonyl (C=O) groups is 1. The number of thiazole rings is 1. The van der Waals surface area contributed by atoms with Gasteiger partial charge in [0.2, 0.25) is 5.91 Å². The molecule has 2 saturated heterocycles. The number of anilines is 3. The zero-order valence-electron chi connectivity index (χ0n) is 23.5. The van der Waals surface area contributed by atoms with Crippen molar-refractivity contribution < 1.29 is 19.0 Å². The third-order valence-corrected chi connectivity index (χ3v) is 9.17. The molecule has 1 amide bonds. The van der Waals surface area contributed by atoms with Crippen LogP contribution in [0.5, 0.6) is 5.75 Å². The van der Waals surface area contributed by atoms with Gasteiger partial charge in [-0.2, -0.15) is 5.26 Å². The zero-order chi connectivity index (χ0) is 29.7. The molecule has 1 N–H and O–H groups in total. The molecule has 0 unspecified atom stereocenters. The topological polar surface area (TPSA) is 122 Å². The second-order valence-electron chi connectivity index (χ2n) is 10.9. The lowest BCUT2D eigenvalue weighted by Gasteiger charge is -2.39. The Morgan fingerprint density at radius 2 is 1.91 bits per heavy atom. The standard InChI is InChI=1S/C30H29FN8O3S/c1-36(30-35-26(23(14-32)43-30)18-2-4-19(31)5-3-18)28-27-21(33-22-8-13-42-29(22)28)6-7-24(34-27)38-11-9-37(10-12-38)17-25(41)39-15-20(40)16-39/h2-7,20,40H,8-13,15-17H2,1H3. The van der Waals surface area contributed by atoms with E-state index in [-0.39, 0.29) is 11.7 Å². The minimum absolute atomic E-state index is 0.0551. The second kappa shape index (κ2) is 11.0. The lowest BCUT2D eigenvalue weighted by Crippen LogP contribution is -2.57. The summed E-state index contributed by atoms with van der Waals surface area (Å²) in [6, 6.07) is 12.2. The molecule has 13 heteroatoms. The number of hydrogen-bond donors (Lipinski definition) is 1. The van der Waals surface area contributed by atoms with Crippen LogP contribution in [0.3, 0.4) is 0 Å². The van der Waals surface area contributed by atoms with Gasteiger partial charge in [0.25, 0.3) is 0 Å². The molecule has 4 aromatic rings.